The van der Waals surface area contributed by atoms with Crippen LogP contribution in [0, 0.1) is 0 Å². The molecule has 1 rings (SSSR count). The van der Waals surface area contributed by atoms with Crippen molar-refractivity contribution in [2.24, 2.45) is 5.73 Å². The van der Waals surface area contributed by atoms with Crippen LogP contribution in [0.5, 0.6) is 0 Å². The summed E-state index contributed by atoms with van der Waals surface area (Å²) in [5.41, 5.74) is 6.89. The first kappa shape index (κ1) is 16.1. The van der Waals surface area contributed by atoms with E-state index in [4.69, 9.17) is 10.5 Å². The molecule has 2 atom stereocenters. The summed E-state index contributed by atoms with van der Waals surface area (Å²) in [6, 6.07) is 7.33. The topological polar surface area (TPSA) is 64.3 Å². The van der Waals surface area contributed by atoms with E-state index in [9.17, 15) is 4.79 Å². The Kier molecular flexibility index (Phi) is 7.05. The van der Waals surface area contributed by atoms with Gasteiger partial charge in [0, 0.05) is 18.2 Å². The molecule has 19 heavy (non-hydrogen) atoms. The molecule has 0 fully saturated rings. The second-order valence-corrected chi connectivity index (χ2v) is 5.44. The number of methoxy groups -OCH3 is 1. The van der Waals surface area contributed by atoms with Crippen molar-refractivity contribution in [1.29, 1.82) is 0 Å². The van der Waals surface area contributed by atoms with Crippen LogP contribution in [0.2, 0.25) is 0 Å². The van der Waals surface area contributed by atoms with E-state index < -0.39 is 6.04 Å². The van der Waals surface area contributed by atoms with Gasteiger partial charge in [-0.3, -0.25) is 4.79 Å². The van der Waals surface area contributed by atoms with E-state index in [2.05, 4.69) is 21.2 Å². The van der Waals surface area contributed by atoms with Gasteiger partial charge in [-0.2, -0.15) is 0 Å². The van der Waals surface area contributed by atoms with Crippen LogP contribution in [-0.4, -0.2) is 25.7 Å². The molecule has 3 N–H and O–H groups in total. The van der Waals surface area contributed by atoms with Gasteiger partial charge < -0.3 is 15.8 Å². The quantitative estimate of drug-likeness (QED) is 0.755. The summed E-state index contributed by atoms with van der Waals surface area (Å²) in [6.07, 6.45) is 1.42. The molecular weight excluding hydrogens is 308 g/mol. The lowest BCUT2D eigenvalue weighted by Gasteiger charge is -2.18. The third-order valence-corrected chi connectivity index (χ3v) is 3.40. The number of nitrogens with two attached hydrogens (primary N) is 1. The molecule has 0 aliphatic carbocycles. The van der Waals surface area contributed by atoms with Crippen molar-refractivity contribution in [3.63, 3.8) is 0 Å². The Morgan fingerprint density at radius 1 is 1.53 bits per heavy atom. The normalized spacial score (nSPS) is 13.9. The monoisotopic (exact) mass is 328 g/mol. The fourth-order valence-electron chi connectivity index (χ4n) is 1.76. The van der Waals surface area contributed by atoms with Gasteiger partial charge >= 0.3 is 0 Å². The van der Waals surface area contributed by atoms with Crippen molar-refractivity contribution in [3.05, 3.63) is 34.3 Å². The first-order valence-electron chi connectivity index (χ1n) is 6.35. The molecule has 4 nitrogen and oxygen atoms in total. The zero-order chi connectivity index (χ0) is 14.3. The van der Waals surface area contributed by atoms with Gasteiger partial charge in [-0.1, -0.05) is 28.1 Å². The summed E-state index contributed by atoms with van der Waals surface area (Å²) in [5, 5.41) is 2.92. The minimum atomic E-state index is -0.482. The number of ether oxygens (including phenoxy) is 1. The highest BCUT2D eigenvalue weighted by molar-refractivity contribution is 9.10. The van der Waals surface area contributed by atoms with Crippen LogP contribution in [0.3, 0.4) is 0 Å². The van der Waals surface area contributed by atoms with Crippen LogP contribution in [0.15, 0.2) is 28.7 Å². The van der Waals surface area contributed by atoms with Crippen LogP contribution >= 0.6 is 15.9 Å². The lowest BCUT2D eigenvalue weighted by Crippen LogP contribution is -2.41. The van der Waals surface area contributed by atoms with Crippen molar-refractivity contribution >= 4 is 21.8 Å². The number of carbonyl (C=O) groups is 1. The molecule has 1 unspecified atom stereocenters. The molecule has 106 valence electrons. The molecule has 1 aromatic carbocycles. The number of halogens is 1. The zero-order valence-electron chi connectivity index (χ0n) is 11.4. The third kappa shape index (κ3) is 5.72. The first-order chi connectivity index (χ1) is 9.04. The van der Waals surface area contributed by atoms with E-state index in [-0.39, 0.29) is 11.9 Å². The minimum Gasteiger partial charge on any atom is -0.385 e. The van der Waals surface area contributed by atoms with Crippen LogP contribution in [0.1, 0.15) is 31.4 Å². The van der Waals surface area contributed by atoms with Crippen LogP contribution < -0.4 is 11.1 Å². The molecule has 0 heterocycles. The summed E-state index contributed by atoms with van der Waals surface area (Å²) < 4.78 is 5.94. The average Bonchev–Trinajstić information content (AvgIpc) is 2.38. The highest BCUT2D eigenvalue weighted by Gasteiger charge is 2.16. The van der Waals surface area contributed by atoms with Crippen molar-refractivity contribution in [2.75, 3.05) is 13.7 Å². The maximum atomic E-state index is 11.9. The van der Waals surface area contributed by atoms with E-state index in [1.54, 1.807) is 7.11 Å². The number of hydrogen-bond donors (Lipinski definition) is 2. The van der Waals surface area contributed by atoms with Crippen LogP contribution in [0.4, 0.5) is 0 Å². The Bertz CT molecular complexity index is 412. The van der Waals surface area contributed by atoms with Gasteiger partial charge in [0.2, 0.25) is 5.91 Å². The Morgan fingerprint density at radius 3 is 2.89 bits per heavy atom. The molecule has 0 saturated carbocycles. The molecule has 5 heteroatoms. The fourth-order valence-corrected chi connectivity index (χ4v) is 2.18. The predicted octanol–water partition coefficient (Wildman–Crippen LogP) is 2.38. The number of amides is 1. The largest absolute Gasteiger partial charge is 0.385 e. The maximum Gasteiger partial charge on any atom is 0.237 e. The fraction of sp³-hybridized carbons (Fsp3) is 0.500. The summed E-state index contributed by atoms with van der Waals surface area (Å²) in [4.78, 5) is 11.9. The smallest absolute Gasteiger partial charge is 0.237 e. The lowest BCUT2D eigenvalue weighted by molar-refractivity contribution is -0.123. The van der Waals surface area contributed by atoms with Crippen molar-refractivity contribution in [3.8, 4) is 0 Å². The molecule has 0 radical (unpaired) electrons. The van der Waals surface area contributed by atoms with Gasteiger partial charge in [0.25, 0.3) is 0 Å². The van der Waals surface area contributed by atoms with Crippen molar-refractivity contribution < 1.29 is 9.53 Å². The molecule has 0 spiro atoms. The standard InChI is InChI=1S/C14H21BrN2O2/c1-10(11-5-3-6-12(15)9-11)17-14(18)13(16)7-4-8-19-2/h3,5-6,9-10,13H,4,7-8,16H2,1-2H3,(H,17,18)/t10-,13?/m1/s1. The Morgan fingerprint density at radius 2 is 2.26 bits per heavy atom. The second-order valence-electron chi connectivity index (χ2n) is 4.53. The molecule has 0 saturated heterocycles. The summed E-state index contributed by atoms with van der Waals surface area (Å²) in [6.45, 7) is 2.57. The third-order valence-electron chi connectivity index (χ3n) is 2.91. The molecule has 0 aromatic heterocycles. The van der Waals surface area contributed by atoms with E-state index in [1.807, 2.05) is 31.2 Å². The molecule has 0 bridgehead atoms. The van der Waals surface area contributed by atoms with Gasteiger partial charge in [-0.25, -0.2) is 0 Å². The van der Waals surface area contributed by atoms with Crippen LogP contribution in [-0.2, 0) is 9.53 Å². The van der Waals surface area contributed by atoms with Gasteiger partial charge in [0.15, 0.2) is 0 Å². The summed E-state index contributed by atoms with van der Waals surface area (Å²) >= 11 is 3.42. The first-order valence-corrected chi connectivity index (χ1v) is 7.14. The maximum absolute atomic E-state index is 11.9. The molecule has 1 amide bonds. The highest BCUT2D eigenvalue weighted by Crippen LogP contribution is 2.17. The predicted molar refractivity (Wildman–Crippen MR) is 79.8 cm³/mol. The number of nitrogens with one attached hydrogen (secondary N) is 1. The van der Waals surface area contributed by atoms with Gasteiger partial charge in [-0.05, 0) is 37.5 Å². The number of benzene rings is 1. The van der Waals surface area contributed by atoms with Gasteiger partial charge in [0.1, 0.15) is 0 Å². The van der Waals surface area contributed by atoms with Gasteiger partial charge in [0.05, 0.1) is 12.1 Å². The van der Waals surface area contributed by atoms with E-state index in [1.165, 1.54) is 0 Å². The van der Waals surface area contributed by atoms with Crippen LogP contribution in [0.25, 0.3) is 0 Å². The Labute approximate surface area is 122 Å². The lowest BCUT2D eigenvalue weighted by atomic mass is 10.1. The van der Waals surface area contributed by atoms with E-state index >= 15 is 0 Å². The second kappa shape index (κ2) is 8.30. The average molecular weight is 329 g/mol. The zero-order valence-corrected chi connectivity index (χ0v) is 12.9. The number of hydrogen-bond acceptors (Lipinski definition) is 3. The Hall–Kier alpha value is -0.910. The van der Waals surface area contributed by atoms with Crippen molar-refractivity contribution in [2.45, 2.75) is 31.8 Å². The van der Waals surface area contributed by atoms with E-state index in [0.29, 0.717) is 13.0 Å². The van der Waals surface area contributed by atoms with E-state index in [0.717, 1.165) is 16.5 Å². The highest BCUT2D eigenvalue weighted by atomic mass is 79.9. The SMILES string of the molecule is COCCCC(N)C(=O)N[C@H](C)c1cccc(Br)c1. The summed E-state index contributed by atoms with van der Waals surface area (Å²) in [5.74, 6) is -0.122. The molecule has 0 aliphatic heterocycles. The Balaban J connectivity index is 2.47. The molecular formula is C14H21BrN2O2. The molecule has 0 aliphatic rings. The summed E-state index contributed by atoms with van der Waals surface area (Å²) in [7, 11) is 1.64. The minimum absolute atomic E-state index is 0.0570. The molecule has 1 aromatic rings. The van der Waals surface area contributed by atoms with Gasteiger partial charge in [-0.15, -0.1) is 0 Å². The number of carbonyl (C=O) groups excluding carboxylic acids is 1. The number of rotatable bonds is 7. The van der Waals surface area contributed by atoms with Crippen molar-refractivity contribution in [1.82, 2.24) is 5.32 Å².